The van der Waals surface area contributed by atoms with Gasteiger partial charge in [0.25, 0.3) is 5.91 Å². The predicted molar refractivity (Wildman–Crippen MR) is 207 cm³/mol. The lowest BCUT2D eigenvalue weighted by molar-refractivity contribution is -0.220. The van der Waals surface area contributed by atoms with E-state index in [9.17, 15) is 14.4 Å². The summed E-state index contributed by atoms with van der Waals surface area (Å²) in [5.41, 5.74) is 0.153. The van der Waals surface area contributed by atoms with Crippen molar-refractivity contribution in [1.29, 1.82) is 0 Å². The zero-order chi connectivity index (χ0) is 38.2. The van der Waals surface area contributed by atoms with Crippen LogP contribution in [0.3, 0.4) is 0 Å². The van der Waals surface area contributed by atoms with Gasteiger partial charge in [-0.15, -0.1) is 0 Å². The summed E-state index contributed by atoms with van der Waals surface area (Å²) in [5, 5.41) is 9.69. The Morgan fingerprint density at radius 1 is 0.804 bits per heavy atom. The Kier molecular flexibility index (Phi) is 12.3. The molecule has 11 unspecified atom stereocenters. The number of morpholine rings is 2. The molecule has 0 aromatic heterocycles. The Morgan fingerprint density at radius 2 is 1.62 bits per heavy atom. The Balaban J connectivity index is 0.878. The zero-order valence-corrected chi connectivity index (χ0v) is 33.3. The number of amides is 2. The van der Waals surface area contributed by atoms with Crippen molar-refractivity contribution in [3.05, 3.63) is 11.8 Å². The number of fused-ring (bicyclic) bond motifs is 5. The molecule has 13 nitrogen and oxygen atoms in total. The fourth-order valence-corrected chi connectivity index (χ4v) is 12.3. The summed E-state index contributed by atoms with van der Waals surface area (Å²) >= 11 is 0. The molecule has 12 atom stereocenters. The normalized spacial score (nSPS) is 40.1. The van der Waals surface area contributed by atoms with Gasteiger partial charge < -0.3 is 40.0 Å². The summed E-state index contributed by atoms with van der Waals surface area (Å²) in [6.07, 6.45) is 11.3. The smallest absolute Gasteiger partial charge is 0.256 e. The third-order valence-corrected chi connectivity index (χ3v) is 15.0. The number of carbonyl (C=O) groups excluding carboxylic acids is 3. The van der Waals surface area contributed by atoms with E-state index in [-0.39, 0.29) is 59.9 Å². The molecular formula is C42H66FN7O6. The van der Waals surface area contributed by atoms with Crippen molar-refractivity contribution in [1.82, 2.24) is 35.6 Å². The van der Waals surface area contributed by atoms with Gasteiger partial charge in [0.15, 0.2) is 5.78 Å². The highest BCUT2D eigenvalue weighted by atomic mass is 19.1. The molecule has 0 radical (unpaired) electrons. The van der Waals surface area contributed by atoms with Gasteiger partial charge in [-0.05, 0) is 89.3 Å². The van der Waals surface area contributed by atoms with Crippen LogP contribution < -0.4 is 16.0 Å². The molecule has 6 heterocycles. The second kappa shape index (κ2) is 17.6. The highest BCUT2D eigenvalue weighted by molar-refractivity contribution is 6.20. The topological polar surface area (TPSA) is 128 Å². The fourth-order valence-electron chi connectivity index (χ4n) is 12.3. The van der Waals surface area contributed by atoms with E-state index in [1.807, 2.05) is 6.20 Å². The van der Waals surface area contributed by atoms with Crippen molar-refractivity contribution < 1.29 is 33.0 Å². The van der Waals surface area contributed by atoms with Gasteiger partial charge in [-0.2, -0.15) is 0 Å². The molecule has 312 valence electrons. The molecule has 5 saturated heterocycles. The van der Waals surface area contributed by atoms with Crippen LogP contribution >= 0.6 is 0 Å². The van der Waals surface area contributed by atoms with E-state index in [2.05, 4.69) is 35.6 Å². The zero-order valence-electron chi connectivity index (χ0n) is 33.3. The highest BCUT2D eigenvalue weighted by Crippen LogP contribution is 2.53. The summed E-state index contributed by atoms with van der Waals surface area (Å²) in [6.45, 7) is 10.7. The number of alkyl halides is 1. The van der Waals surface area contributed by atoms with Crippen LogP contribution in [0.4, 0.5) is 4.39 Å². The minimum Gasteiger partial charge on any atom is -0.379 e. The molecule has 2 amide bonds. The maximum Gasteiger partial charge on any atom is 0.256 e. The van der Waals surface area contributed by atoms with Crippen LogP contribution in [-0.2, 0) is 28.6 Å². The average Bonchev–Trinajstić information content (AvgIpc) is 3.98. The maximum atomic E-state index is 16.8. The summed E-state index contributed by atoms with van der Waals surface area (Å²) in [7, 11) is 0. The van der Waals surface area contributed by atoms with Crippen LogP contribution in [0, 0.1) is 17.8 Å². The van der Waals surface area contributed by atoms with E-state index >= 15 is 4.39 Å². The Bertz CT molecular complexity index is 1440. The van der Waals surface area contributed by atoms with Crippen molar-refractivity contribution in [3.63, 3.8) is 0 Å². The van der Waals surface area contributed by atoms with Gasteiger partial charge in [-0.25, -0.2) is 4.39 Å². The van der Waals surface area contributed by atoms with Crippen molar-refractivity contribution in [3.8, 4) is 0 Å². The van der Waals surface area contributed by atoms with Crippen molar-refractivity contribution in [2.45, 2.75) is 132 Å². The van der Waals surface area contributed by atoms with E-state index in [4.69, 9.17) is 14.2 Å². The van der Waals surface area contributed by atoms with E-state index < -0.39 is 24.2 Å². The largest absolute Gasteiger partial charge is 0.379 e. The summed E-state index contributed by atoms with van der Waals surface area (Å²) in [6, 6.07) is -0.960. The van der Waals surface area contributed by atoms with Gasteiger partial charge in [-0.1, -0.05) is 12.8 Å². The van der Waals surface area contributed by atoms with Crippen LogP contribution in [0.2, 0.25) is 0 Å². The second-order valence-corrected chi connectivity index (χ2v) is 18.4. The third-order valence-electron chi connectivity index (χ3n) is 15.0. The van der Waals surface area contributed by atoms with E-state index in [1.54, 1.807) is 0 Å². The third kappa shape index (κ3) is 8.18. The number of ketones is 1. The summed E-state index contributed by atoms with van der Waals surface area (Å²) < 4.78 is 36.2. The molecule has 9 aliphatic rings. The first-order chi connectivity index (χ1) is 27.4. The van der Waals surface area contributed by atoms with Crippen LogP contribution in [0.1, 0.15) is 77.0 Å². The molecule has 3 saturated carbocycles. The maximum absolute atomic E-state index is 16.8. The molecule has 8 fully saturated rings. The minimum absolute atomic E-state index is 0.0282. The van der Waals surface area contributed by atoms with Crippen molar-refractivity contribution >= 4 is 17.6 Å². The molecule has 14 heteroatoms. The molecule has 0 aromatic carbocycles. The Hall–Kier alpha value is -2.20. The number of ether oxygens (including phenoxy) is 3. The molecule has 56 heavy (non-hydrogen) atoms. The van der Waals surface area contributed by atoms with Crippen LogP contribution in [-0.4, -0.2) is 177 Å². The molecule has 3 N–H and O–H groups in total. The molecule has 3 aliphatic carbocycles. The number of halogens is 1. The number of Topliss-reactive ketones (excluding diaryl/α,β-unsaturated/α-hetero) is 1. The van der Waals surface area contributed by atoms with E-state index in [1.165, 1.54) is 45.2 Å². The first kappa shape index (κ1) is 39.3. The van der Waals surface area contributed by atoms with Gasteiger partial charge >= 0.3 is 0 Å². The summed E-state index contributed by atoms with van der Waals surface area (Å²) in [5.74, 6) is -0.289. The first-order valence-corrected chi connectivity index (χ1v) is 22.4. The SMILES string of the molecule is O=C(CCNCCN1CCCC1)N[C@@H]1CCN(C2C(F)CC3C(=O)C(C(=O)NCCCN4CCOCC4)=CN4C5CC6OC7CCCCC7C6CC5OC2C34)C1. The molecule has 6 aliphatic heterocycles. The highest BCUT2D eigenvalue weighted by Gasteiger charge is 2.62. The van der Waals surface area contributed by atoms with Gasteiger partial charge in [0.05, 0.1) is 61.3 Å². The van der Waals surface area contributed by atoms with Gasteiger partial charge in [-0.3, -0.25) is 24.2 Å². The lowest BCUT2D eigenvalue weighted by Crippen LogP contribution is -2.73. The van der Waals surface area contributed by atoms with Gasteiger partial charge in [0.2, 0.25) is 5.91 Å². The number of nitrogens with zero attached hydrogens (tertiary/aromatic N) is 4. The summed E-state index contributed by atoms with van der Waals surface area (Å²) in [4.78, 5) is 50.3. The Morgan fingerprint density at radius 3 is 2.48 bits per heavy atom. The average molecular weight is 784 g/mol. The standard InChI is InChI=1S/C42H66FN7O6/c43-32-22-30-38-41(39(32)49-16-9-27(25-49)46-37(51)8-11-44-12-17-47-13-3-4-14-47)56-36-23-29-28-6-1-2-7-34(28)55-35(29)24-33(36)50(38)26-31(40(30)52)42(53)45-10-5-15-48-18-20-54-21-19-48/h26-30,32-36,38-39,41,44H,1-25H2,(H,45,53)(H,46,51)/t27-,28?,29?,30?,32?,33?,34?,35?,36?,38?,39?,41?/m1/s1. The predicted octanol–water partition coefficient (Wildman–Crippen LogP) is 1.46. The molecule has 0 spiro atoms. The Labute approximate surface area is 332 Å². The molecule has 0 bridgehead atoms. The lowest BCUT2D eigenvalue weighted by atomic mass is 9.67. The van der Waals surface area contributed by atoms with Crippen molar-refractivity contribution in [2.24, 2.45) is 17.8 Å². The van der Waals surface area contributed by atoms with Crippen LogP contribution in [0.5, 0.6) is 0 Å². The van der Waals surface area contributed by atoms with Crippen molar-refractivity contribution in [2.75, 3.05) is 85.2 Å². The van der Waals surface area contributed by atoms with E-state index in [0.29, 0.717) is 50.5 Å². The quantitative estimate of drug-likeness (QED) is 0.186. The van der Waals surface area contributed by atoms with E-state index in [0.717, 1.165) is 78.0 Å². The van der Waals surface area contributed by atoms with Gasteiger partial charge in [0.1, 0.15) is 6.17 Å². The first-order valence-electron chi connectivity index (χ1n) is 22.4. The second-order valence-electron chi connectivity index (χ2n) is 18.4. The van der Waals surface area contributed by atoms with Gasteiger partial charge in [0, 0.05) is 76.9 Å². The molecule has 0 aromatic rings. The molecule has 9 rings (SSSR count). The number of rotatable bonds is 13. The molecular weight excluding hydrogens is 718 g/mol. The number of nitrogens with one attached hydrogen (secondary N) is 3. The monoisotopic (exact) mass is 784 g/mol. The minimum atomic E-state index is -1.29. The fraction of sp³-hybridized carbons (Fsp3) is 0.881. The van der Waals surface area contributed by atoms with Crippen LogP contribution in [0.25, 0.3) is 0 Å². The number of hydrogen-bond donors (Lipinski definition) is 3. The number of hydrogen-bond acceptors (Lipinski definition) is 11. The number of likely N-dealkylation sites (tertiary alicyclic amines) is 2. The van der Waals surface area contributed by atoms with Crippen LogP contribution in [0.15, 0.2) is 11.8 Å². The lowest BCUT2D eigenvalue weighted by Gasteiger charge is -2.61. The number of carbonyl (C=O) groups is 3.